The van der Waals surface area contributed by atoms with E-state index in [1.54, 1.807) is 0 Å². The number of hydrogen-bond acceptors (Lipinski definition) is 2. The van der Waals surface area contributed by atoms with Crippen LogP contribution in [0.1, 0.15) is 27.2 Å². The second-order valence-electron chi connectivity index (χ2n) is 2.76. The summed E-state index contributed by atoms with van der Waals surface area (Å²) >= 11 is 5.70. The fourth-order valence-electron chi connectivity index (χ4n) is 0.756. The number of halogens is 1. The lowest BCUT2D eigenvalue weighted by Gasteiger charge is -2.17. The van der Waals surface area contributed by atoms with E-state index in [-0.39, 0.29) is 0 Å². The molecule has 0 bridgehead atoms. The van der Waals surface area contributed by atoms with E-state index >= 15 is 0 Å². The summed E-state index contributed by atoms with van der Waals surface area (Å²) in [6.45, 7) is 6.72. The summed E-state index contributed by atoms with van der Waals surface area (Å²) in [7, 11) is 3.93. The predicted molar refractivity (Wildman–Crippen MR) is 59.7 cm³/mol. The standard InChI is InChI=1S/C8H17ClS2/c1-4-10-11-8(5-6-9)7(2)3/h7-8H,4-6H2,1-3H3/t8-/m0/s1. The molecule has 68 valence electrons. The fraction of sp³-hybridized carbons (Fsp3) is 1.00. The molecule has 1 atom stereocenters. The highest BCUT2D eigenvalue weighted by Crippen LogP contribution is 2.33. The first-order valence-corrected chi connectivity index (χ1v) is 6.98. The normalized spacial score (nSPS) is 13.9. The van der Waals surface area contributed by atoms with Crippen molar-refractivity contribution in [3.63, 3.8) is 0 Å². The van der Waals surface area contributed by atoms with E-state index in [4.69, 9.17) is 11.6 Å². The van der Waals surface area contributed by atoms with Crippen LogP contribution in [-0.2, 0) is 0 Å². The molecule has 0 unspecified atom stereocenters. The van der Waals surface area contributed by atoms with Crippen LogP contribution in [0.25, 0.3) is 0 Å². The van der Waals surface area contributed by atoms with Gasteiger partial charge in [0.25, 0.3) is 0 Å². The predicted octanol–water partition coefficient (Wildman–Crippen LogP) is 4.04. The number of alkyl halides is 1. The van der Waals surface area contributed by atoms with E-state index in [0.717, 1.165) is 23.5 Å². The minimum atomic E-state index is 0.734. The second-order valence-corrected chi connectivity index (χ2v) is 6.04. The Morgan fingerprint density at radius 3 is 2.36 bits per heavy atom. The van der Waals surface area contributed by atoms with Gasteiger partial charge in [-0.25, -0.2) is 0 Å². The van der Waals surface area contributed by atoms with Crippen LogP contribution < -0.4 is 0 Å². The molecule has 0 aromatic carbocycles. The lowest BCUT2D eigenvalue weighted by atomic mass is 10.1. The monoisotopic (exact) mass is 212 g/mol. The lowest BCUT2D eigenvalue weighted by molar-refractivity contribution is 0.598. The Bertz CT molecular complexity index is 86.2. The van der Waals surface area contributed by atoms with E-state index < -0.39 is 0 Å². The summed E-state index contributed by atoms with van der Waals surface area (Å²) in [5, 5.41) is 0.734. The van der Waals surface area contributed by atoms with Crippen molar-refractivity contribution in [2.75, 3.05) is 11.6 Å². The van der Waals surface area contributed by atoms with Gasteiger partial charge in [0.15, 0.2) is 0 Å². The third-order valence-electron chi connectivity index (χ3n) is 1.45. The van der Waals surface area contributed by atoms with Crippen molar-refractivity contribution in [3.05, 3.63) is 0 Å². The summed E-state index contributed by atoms with van der Waals surface area (Å²) in [5.74, 6) is 2.73. The van der Waals surface area contributed by atoms with Gasteiger partial charge in [-0.3, -0.25) is 0 Å². The van der Waals surface area contributed by atoms with E-state index in [2.05, 4.69) is 20.8 Å². The first-order chi connectivity index (χ1) is 5.22. The molecule has 0 fully saturated rings. The van der Waals surface area contributed by atoms with Crippen LogP contribution in [0.5, 0.6) is 0 Å². The molecule has 0 saturated carbocycles. The van der Waals surface area contributed by atoms with Gasteiger partial charge in [0, 0.05) is 16.9 Å². The van der Waals surface area contributed by atoms with E-state index in [1.165, 1.54) is 5.75 Å². The molecule has 0 aromatic rings. The Hall–Kier alpha value is 0.990. The molecule has 3 heteroatoms. The van der Waals surface area contributed by atoms with Crippen LogP contribution in [0.4, 0.5) is 0 Å². The Morgan fingerprint density at radius 1 is 1.36 bits per heavy atom. The van der Waals surface area contributed by atoms with E-state index in [9.17, 15) is 0 Å². The van der Waals surface area contributed by atoms with Crippen molar-refractivity contribution in [1.82, 2.24) is 0 Å². The Labute approximate surface area is 83.2 Å². The molecule has 0 spiro atoms. The quantitative estimate of drug-likeness (QED) is 0.482. The molecule has 0 aromatic heterocycles. The van der Waals surface area contributed by atoms with E-state index in [1.807, 2.05) is 21.6 Å². The third-order valence-corrected chi connectivity index (χ3v) is 4.92. The minimum absolute atomic E-state index is 0.734. The molecule has 0 heterocycles. The van der Waals surface area contributed by atoms with Crippen LogP contribution in [-0.4, -0.2) is 16.9 Å². The smallest absolute Gasteiger partial charge is 0.0234 e. The fourth-order valence-corrected chi connectivity index (χ4v) is 3.76. The zero-order valence-electron chi connectivity index (χ0n) is 7.47. The summed E-state index contributed by atoms with van der Waals surface area (Å²) in [6.07, 6.45) is 1.14. The number of hydrogen-bond donors (Lipinski definition) is 0. The highest BCUT2D eigenvalue weighted by Gasteiger charge is 2.12. The van der Waals surface area contributed by atoms with Gasteiger partial charge in [0.1, 0.15) is 0 Å². The Balaban J connectivity index is 3.51. The molecule has 0 radical (unpaired) electrons. The van der Waals surface area contributed by atoms with Crippen molar-refractivity contribution >= 4 is 33.2 Å². The van der Waals surface area contributed by atoms with Crippen LogP contribution in [0, 0.1) is 5.92 Å². The molecule has 0 aliphatic carbocycles. The average molecular weight is 213 g/mol. The topological polar surface area (TPSA) is 0 Å². The summed E-state index contributed by atoms with van der Waals surface area (Å²) in [5.41, 5.74) is 0. The van der Waals surface area contributed by atoms with Crippen molar-refractivity contribution in [2.24, 2.45) is 5.92 Å². The van der Waals surface area contributed by atoms with Gasteiger partial charge in [-0.05, 0) is 12.3 Å². The summed E-state index contributed by atoms with van der Waals surface area (Å²) in [4.78, 5) is 0. The SMILES string of the molecule is CCSS[C@@H](CCCl)C(C)C. The van der Waals surface area contributed by atoms with Gasteiger partial charge < -0.3 is 0 Å². The highest BCUT2D eigenvalue weighted by molar-refractivity contribution is 8.76. The van der Waals surface area contributed by atoms with Gasteiger partial charge in [-0.1, -0.05) is 42.4 Å². The lowest BCUT2D eigenvalue weighted by Crippen LogP contribution is -2.10. The van der Waals surface area contributed by atoms with Gasteiger partial charge in [-0.2, -0.15) is 0 Å². The molecule has 11 heavy (non-hydrogen) atoms. The molecular formula is C8H17ClS2. The van der Waals surface area contributed by atoms with Crippen molar-refractivity contribution in [2.45, 2.75) is 32.4 Å². The Morgan fingerprint density at radius 2 is 2.00 bits per heavy atom. The van der Waals surface area contributed by atoms with Gasteiger partial charge in [0.05, 0.1) is 0 Å². The summed E-state index contributed by atoms with van der Waals surface area (Å²) in [6, 6.07) is 0. The van der Waals surface area contributed by atoms with E-state index in [0.29, 0.717) is 0 Å². The second kappa shape index (κ2) is 7.63. The zero-order chi connectivity index (χ0) is 8.69. The Kier molecular flexibility index (Phi) is 8.32. The maximum atomic E-state index is 5.70. The van der Waals surface area contributed by atoms with Gasteiger partial charge in [-0.15, -0.1) is 11.6 Å². The van der Waals surface area contributed by atoms with Crippen LogP contribution >= 0.6 is 33.2 Å². The minimum Gasteiger partial charge on any atom is -0.127 e. The van der Waals surface area contributed by atoms with Gasteiger partial charge in [0.2, 0.25) is 0 Å². The summed E-state index contributed by atoms with van der Waals surface area (Å²) < 4.78 is 0. The largest absolute Gasteiger partial charge is 0.127 e. The van der Waals surface area contributed by atoms with Crippen LogP contribution in [0.3, 0.4) is 0 Å². The van der Waals surface area contributed by atoms with Crippen molar-refractivity contribution in [3.8, 4) is 0 Å². The maximum absolute atomic E-state index is 5.70. The van der Waals surface area contributed by atoms with Crippen LogP contribution in [0.15, 0.2) is 0 Å². The molecule has 0 nitrogen and oxygen atoms in total. The molecule has 0 aliphatic heterocycles. The number of rotatable bonds is 6. The maximum Gasteiger partial charge on any atom is 0.0234 e. The highest BCUT2D eigenvalue weighted by atomic mass is 35.5. The molecule has 0 N–H and O–H groups in total. The molecule has 0 aliphatic rings. The average Bonchev–Trinajstić information content (AvgIpc) is 1.97. The molecular weight excluding hydrogens is 196 g/mol. The van der Waals surface area contributed by atoms with Gasteiger partial charge >= 0.3 is 0 Å². The van der Waals surface area contributed by atoms with Crippen LogP contribution in [0.2, 0.25) is 0 Å². The first-order valence-electron chi connectivity index (χ1n) is 4.06. The molecule has 0 saturated heterocycles. The third kappa shape index (κ3) is 6.18. The zero-order valence-corrected chi connectivity index (χ0v) is 9.86. The first kappa shape index (κ1) is 12.0. The van der Waals surface area contributed by atoms with Crippen molar-refractivity contribution in [1.29, 1.82) is 0 Å². The van der Waals surface area contributed by atoms with Crippen molar-refractivity contribution < 1.29 is 0 Å². The molecule has 0 amide bonds. The molecule has 0 rings (SSSR count).